The van der Waals surface area contributed by atoms with Crippen molar-refractivity contribution < 1.29 is 19.1 Å². The quantitative estimate of drug-likeness (QED) is 0.494. The molecule has 0 aliphatic heterocycles. The van der Waals surface area contributed by atoms with E-state index in [0.29, 0.717) is 12.1 Å². The predicted octanol–water partition coefficient (Wildman–Crippen LogP) is 4.45. The van der Waals surface area contributed by atoms with Crippen molar-refractivity contribution in [3.05, 3.63) is 83.2 Å². The molecule has 0 saturated heterocycles. The Labute approximate surface area is 188 Å². The molecule has 3 aromatic rings. The molecular weight excluding hydrogens is 404 g/mol. The number of nitrogens with zero attached hydrogens (tertiary/aromatic N) is 2. The zero-order valence-corrected chi connectivity index (χ0v) is 18.7. The summed E-state index contributed by atoms with van der Waals surface area (Å²) < 4.78 is 12.6. The van der Waals surface area contributed by atoms with Crippen LogP contribution >= 0.6 is 0 Å². The number of aryl methyl sites for hydroxylation is 2. The van der Waals surface area contributed by atoms with Gasteiger partial charge in [0.05, 0.1) is 12.7 Å². The Balaban J connectivity index is 1.36. The van der Waals surface area contributed by atoms with E-state index < -0.39 is 5.97 Å². The van der Waals surface area contributed by atoms with E-state index in [1.165, 1.54) is 0 Å². The van der Waals surface area contributed by atoms with Gasteiger partial charge in [0, 0.05) is 29.7 Å². The van der Waals surface area contributed by atoms with Crippen molar-refractivity contribution in [2.24, 2.45) is 0 Å². The molecule has 1 heterocycles. The summed E-state index contributed by atoms with van der Waals surface area (Å²) in [7, 11) is 1.62. The van der Waals surface area contributed by atoms with Crippen LogP contribution in [0.25, 0.3) is 5.69 Å². The standard InChI is InChI=1S/C26H28N2O4/c1-18-4-5-19(2)28(18)23-10-8-21(9-11-23)26(30)32-17-25(29)27(22-12-13-22)16-20-6-14-24(31-3)15-7-20/h4-11,14-15,22H,12-13,16-17H2,1-3H3. The molecule has 2 aromatic carbocycles. The number of hydrogen-bond acceptors (Lipinski definition) is 4. The number of carbonyl (C=O) groups excluding carboxylic acids is 2. The molecule has 4 rings (SSSR count). The molecular formula is C26H28N2O4. The van der Waals surface area contributed by atoms with Crippen molar-refractivity contribution in [3.8, 4) is 11.4 Å². The first-order valence-electron chi connectivity index (χ1n) is 10.8. The van der Waals surface area contributed by atoms with Gasteiger partial charge >= 0.3 is 5.97 Å². The highest BCUT2D eigenvalue weighted by Crippen LogP contribution is 2.29. The van der Waals surface area contributed by atoms with Crippen molar-refractivity contribution in [1.82, 2.24) is 9.47 Å². The molecule has 1 aliphatic carbocycles. The van der Waals surface area contributed by atoms with E-state index in [2.05, 4.69) is 16.7 Å². The SMILES string of the molecule is COc1ccc(CN(C(=O)COC(=O)c2ccc(-n3c(C)ccc3C)cc2)C2CC2)cc1. The van der Waals surface area contributed by atoms with E-state index in [1.54, 1.807) is 24.1 Å². The minimum absolute atomic E-state index is 0.174. The van der Waals surface area contributed by atoms with E-state index in [4.69, 9.17) is 9.47 Å². The van der Waals surface area contributed by atoms with E-state index in [0.717, 1.165) is 41.2 Å². The van der Waals surface area contributed by atoms with Crippen LogP contribution in [0.1, 0.15) is 40.2 Å². The van der Waals surface area contributed by atoms with Crippen molar-refractivity contribution >= 4 is 11.9 Å². The van der Waals surface area contributed by atoms with Gasteiger partial charge in [-0.1, -0.05) is 12.1 Å². The number of benzene rings is 2. The summed E-state index contributed by atoms with van der Waals surface area (Å²) in [4.78, 5) is 27.1. The van der Waals surface area contributed by atoms with Gasteiger partial charge < -0.3 is 18.9 Å². The fourth-order valence-electron chi connectivity index (χ4n) is 3.85. The van der Waals surface area contributed by atoms with Gasteiger partial charge in [-0.2, -0.15) is 0 Å². The number of carbonyl (C=O) groups is 2. The van der Waals surface area contributed by atoms with E-state index in [9.17, 15) is 9.59 Å². The maximum Gasteiger partial charge on any atom is 0.338 e. The average molecular weight is 433 g/mol. The van der Waals surface area contributed by atoms with Crippen LogP contribution in [0.2, 0.25) is 0 Å². The van der Waals surface area contributed by atoms with Gasteiger partial charge in [-0.3, -0.25) is 4.79 Å². The Kier molecular flexibility index (Phi) is 6.30. The van der Waals surface area contributed by atoms with Crippen LogP contribution in [-0.2, 0) is 16.1 Å². The summed E-state index contributed by atoms with van der Waals surface area (Å²) in [5.41, 5.74) is 4.68. The predicted molar refractivity (Wildman–Crippen MR) is 122 cm³/mol. The molecule has 0 atom stereocenters. The average Bonchev–Trinajstić information content (AvgIpc) is 3.60. The maximum absolute atomic E-state index is 12.8. The Morgan fingerprint density at radius 2 is 1.56 bits per heavy atom. The molecule has 1 saturated carbocycles. The normalized spacial score (nSPS) is 13.0. The maximum atomic E-state index is 12.8. The molecule has 1 aromatic heterocycles. The Morgan fingerprint density at radius 3 is 2.12 bits per heavy atom. The van der Waals surface area contributed by atoms with Gasteiger partial charge in [-0.15, -0.1) is 0 Å². The molecule has 6 heteroatoms. The molecule has 0 unspecified atom stereocenters. The number of rotatable bonds is 8. The minimum Gasteiger partial charge on any atom is -0.497 e. The number of hydrogen-bond donors (Lipinski definition) is 0. The third kappa shape index (κ3) is 4.85. The zero-order chi connectivity index (χ0) is 22.7. The second-order valence-electron chi connectivity index (χ2n) is 8.18. The number of esters is 1. The third-order valence-corrected chi connectivity index (χ3v) is 5.78. The van der Waals surface area contributed by atoms with Gasteiger partial charge in [0.25, 0.3) is 5.91 Å². The van der Waals surface area contributed by atoms with E-state index in [1.807, 2.05) is 50.2 Å². The minimum atomic E-state index is -0.494. The summed E-state index contributed by atoms with van der Waals surface area (Å²) >= 11 is 0. The summed E-state index contributed by atoms with van der Waals surface area (Å²) in [5.74, 6) is 0.109. The number of amides is 1. The summed E-state index contributed by atoms with van der Waals surface area (Å²) in [5, 5.41) is 0. The zero-order valence-electron chi connectivity index (χ0n) is 18.7. The van der Waals surface area contributed by atoms with Crippen molar-refractivity contribution in [2.75, 3.05) is 13.7 Å². The van der Waals surface area contributed by atoms with Gasteiger partial charge in [-0.05, 0) is 80.8 Å². The largest absolute Gasteiger partial charge is 0.497 e. The van der Waals surface area contributed by atoms with Gasteiger partial charge in [0.15, 0.2) is 6.61 Å². The molecule has 0 N–H and O–H groups in total. The van der Waals surface area contributed by atoms with E-state index in [-0.39, 0.29) is 18.6 Å². The molecule has 0 radical (unpaired) electrons. The van der Waals surface area contributed by atoms with Crippen LogP contribution in [0.5, 0.6) is 5.75 Å². The fourth-order valence-corrected chi connectivity index (χ4v) is 3.85. The highest BCUT2D eigenvalue weighted by Gasteiger charge is 2.33. The molecule has 1 aliphatic rings. The van der Waals surface area contributed by atoms with Crippen LogP contribution in [-0.4, -0.2) is 41.1 Å². The molecule has 1 fully saturated rings. The Morgan fingerprint density at radius 1 is 0.938 bits per heavy atom. The smallest absolute Gasteiger partial charge is 0.338 e. The van der Waals surface area contributed by atoms with Crippen LogP contribution in [0, 0.1) is 13.8 Å². The highest BCUT2D eigenvalue weighted by atomic mass is 16.5. The molecule has 0 spiro atoms. The number of aromatic nitrogens is 1. The second kappa shape index (κ2) is 9.30. The second-order valence-corrected chi connectivity index (χ2v) is 8.18. The van der Waals surface area contributed by atoms with E-state index >= 15 is 0 Å². The van der Waals surface area contributed by atoms with Crippen LogP contribution in [0.15, 0.2) is 60.7 Å². The van der Waals surface area contributed by atoms with Gasteiger partial charge in [-0.25, -0.2) is 4.79 Å². The molecule has 6 nitrogen and oxygen atoms in total. The summed E-state index contributed by atoms with van der Waals surface area (Å²) in [6.45, 7) is 4.31. The van der Waals surface area contributed by atoms with Crippen LogP contribution in [0.4, 0.5) is 0 Å². The first kappa shape index (κ1) is 21.7. The molecule has 166 valence electrons. The fraction of sp³-hybridized carbons (Fsp3) is 0.308. The topological polar surface area (TPSA) is 60.8 Å². The first-order chi connectivity index (χ1) is 15.5. The first-order valence-corrected chi connectivity index (χ1v) is 10.8. The van der Waals surface area contributed by atoms with Crippen molar-refractivity contribution in [1.29, 1.82) is 0 Å². The molecule has 1 amide bonds. The van der Waals surface area contributed by atoms with Crippen molar-refractivity contribution in [2.45, 2.75) is 39.3 Å². The van der Waals surface area contributed by atoms with Crippen LogP contribution < -0.4 is 4.74 Å². The lowest BCUT2D eigenvalue weighted by Crippen LogP contribution is -2.36. The number of ether oxygens (including phenoxy) is 2. The summed E-state index contributed by atoms with van der Waals surface area (Å²) in [6, 6.07) is 19.2. The highest BCUT2D eigenvalue weighted by molar-refractivity contribution is 5.91. The molecule has 32 heavy (non-hydrogen) atoms. The van der Waals surface area contributed by atoms with Crippen LogP contribution in [0.3, 0.4) is 0 Å². The summed E-state index contributed by atoms with van der Waals surface area (Å²) in [6.07, 6.45) is 1.96. The monoisotopic (exact) mass is 432 g/mol. The lowest BCUT2D eigenvalue weighted by molar-refractivity contribution is -0.135. The van der Waals surface area contributed by atoms with Gasteiger partial charge in [0.2, 0.25) is 0 Å². The Bertz CT molecular complexity index is 1080. The lowest BCUT2D eigenvalue weighted by atomic mass is 10.2. The third-order valence-electron chi connectivity index (χ3n) is 5.78. The van der Waals surface area contributed by atoms with Gasteiger partial charge in [0.1, 0.15) is 5.75 Å². The molecule has 0 bridgehead atoms. The number of methoxy groups -OCH3 is 1. The Hall–Kier alpha value is -3.54. The van der Waals surface area contributed by atoms with Crippen molar-refractivity contribution in [3.63, 3.8) is 0 Å². The lowest BCUT2D eigenvalue weighted by Gasteiger charge is -2.22.